The van der Waals surface area contributed by atoms with Crippen molar-refractivity contribution in [1.29, 1.82) is 0 Å². The molecule has 0 radical (unpaired) electrons. The molecule has 4 nitrogen and oxygen atoms in total. The van der Waals surface area contributed by atoms with E-state index in [9.17, 15) is 4.79 Å². The van der Waals surface area contributed by atoms with Crippen molar-refractivity contribution in [3.05, 3.63) is 36.1 Å². The van der Waals surface area contributed by atoms with Crippen molar-refractivity contribution in [3.8, 4) is 0 Å². The first kappa shape index (κ1) is 10.9. The molecular formula is C12H13NO3. The first-order valence-electron chi connectivity index (χ1n) is 5.06. The number of carbonyl (C=O) groups excluding carboxylic acids is 1. The van der Waals surface area contributed by atoms with Crippen molar-refractivity contribution in [2.45, 2.75) is 6.04 Å². The second-order valence-corrected chi connectivity index (χ2v) is 3.56. The van der Waals surface area contributed by atoms with Crippen LogP contribution in [0.5, 0.6) is 0 Å². The molecule has 0 aliphatic heterocycles. The van der Waals surface area contributed by atoms with Crippen molar-refractivity contribution < 1.29 is 14.3 Å². The van der Waals surface area contributed by atoms with E-state index in [4.69, 9.17) is 9.52 Å². The lowest BCUT2D eigenvalue weighted by atomic mass is 10.0. The first-order valence-corrected chi connectivity index (χ1v) is 5.06. The summed E-state index contributed by atoms with van der Waals surface area (Å²) in [5.41, 5.74) is 1.22. The van der Waals surface area contributed by atoms with E-state index < -0.39 is 6.04 Å². The summed E-state index contributed by atoms with van der Waals surface area (Å²) in [6.07, 6.45) is 1.58. The van der Waals surface area contributed by atoms with Crippen LogP contribution in [0.25, 0.3) is 11.0 Å². The standard InChI is InChI=1S/C12H13NO3/c1-13-10(7-14)12(15)9-3-2-8-4-5-16-11(8)6-9/h2-6,10,13-14H,7H2,1H3. The Hall–Kier alpha value is -1.65. The number of ketones is 1. The van der Waals surface area contributed by atoms with Gasteiger partial charge in [-0.05, 0) is 19.2 Å². The number of Topliss-reactive ketones (excluding diaryl/α,β-unsaturated/α-hetero) is 1. The zero-order valence-electron chi connectivity index (χ0n) is 8.93. The molecule has 0 saturated heterocycles. The van der Waals surface area contributed by atoms with E-state index in [1.807, 2.05) is 12.1 Å². The Morgan fingerprint density at radius 1 is 1.50 bits per heavy atom. The van der Waals surface area contributed by atoms with Gasteiger partial charge in [-0.25, -0.2) is 0 Å². The minimum Gasteiger partial charge on any atom is -0.464 e. The summed E-state index contributed by atoms with van der Waals surface area (Å²) >= 11 is 0. The SMILES string of the molecule is CNC(CO)C(=O)c1ccc2ccoc2c1. The third-order valence-electron chi connectivity index (χ3n) is 2.59. The van der Waals surface area contributed by atoms with Gasteiger partial charge in [0, 0.05) is 10.9 Å². The van der Waals surface area contributed by atoms with Gasteiger partial charge in [-0.3, -0.25) is 4.79 Å². The minimum absolute atomic E-state index is 0.136. The van der Waals surface area contributed by atoms with Crippen LogP contribution in [0.15, 0.2) is 34.9 Å². The summed E-state index contributed by atoms with van der Waals surface area (Å²) in [6, 6.07) is 6.53. The highest BCUT2D eigenvalue weighted by Gasteiger charge is 2.17. The quantitative estimate of drug-likeness (QED) is 0.758. The molecule has 0 saturated carbocycles. The molecule has 0 aliphatic rings. The minimum atomic E-state index is -0.563. The monoisotopic (exact) mass is 219 g/mol. The number of benzene rings is 1. The van der Waals surface area contributed by atoms with Gasteiger partial charge >= 0.3 is 0 Å². The fraction of sp³-hybridized carbons (Fsp3) is 0.250. The fourth-order valence-electron chi connectivity index (χ4n) is 1.61. The molecule has 0 spiro atoms. The zero-order chi connectivity index (χ0) is 11.5. The number of aliphatic hydroxyl groups is 1. The van der Waals surface area contributed by atoms with E-state index in [0.29, 0.717) is 11.1 Å². The maximum absolute atomic E-state index is 11.9. The van der Waals surface area contributed by atoms with Crippen LogP contribution in [0.3, 0.4) is 0 Å². The van der Waals surface area contributed by atoms with Crippen LogP contribution >= 0.6 is 0 Å². The van der Waals surface area contributed by atoms with Gasteiger partial charge in [0.25, 0.3) is 0 Å². The van der Waals surface area contributed by atoms with Crippen molar-refractivity contribution in [2.24, 2.45) is 0 Å². The molecule has 1 atom stereocenters. The second-order valence-electron chi connectivity index (χ2n) is 3.56. The van der Waals surface area contributed by atoms with Crippen LogP contribution in [-0.4, -0.2) is 30.6 Å². The van der Waals surface area contributed by atoms with E-state index in [1.54, 1.807) is 25.4 Å². The number of hydrogen-bond acceptors (Lipinski definition) is 4. The molecule has 0 aliphatic carbocycles. The smallest absolute Gasteiger partial charge is 0.182 e. The summed E-state index contributed by atoms with van der Waals surface area (Å²) in [4.78, 5) is 11.9. The number of likely N-dealkylation sites (N-methyl/N-ethyl adjacent to an activating group) is 1. The number of hydrogen-bond donors (Lipinski definition) is 2. The average molecular weight is 219 g/mol. The van der Waals surface area contributed by atoms with Crippen LogP contribution in [0.4, 0.5) is 0 Å². The predicted octanol–water partition coefficient (Wildman–Crippen LogP) is 1.20. The van der Waals surface area contributed by atoms with Gasteiger partial charge < -0.3 is 14.8 Å². The highest BCUT2D eigenvalue weighted by Crippen LogP contribution is 2.17. The lowest BCUT2D eigenvalue weighted by Crippen LogP contribution is -2.37. The normalized spacial score (nSPS) is 12.9. The van der Waals surface area contributed by atoms with Crippen molar-refractivity contribution in [3.63, 3.8) is 0 Å². The number of aliphatic hydroxyl groups excluding tert-OH is 1. The Kier molecular flexibility index (Phi) is 3.03. The van der Waals surface area contributed by atoms with E-state index in [1.165, 1.54) is 0 Å². The predicted molar refractivity (Wildman–Crippen MR) is 60.5 cm³/mol. The lowest BCUT2D eigenvalue weighted by Gasteiger charge is -2.11. The van der Waals surface area contributed by atoms with E-state index >= 15 is 0 Å². The van der Waals surface area contributed by atoms with Crippen molar-refractivity contribution in [2.75, 3.05) is 13.7 Å². The van der Waals surface area contributed by atoms with Gasteiger partial charge in [-0.15, -0.1) is 0 Å². The van der Waals surface area contributed by atoms with Gasteiger partial charge in [0.2, 0.25) is 0 Å². The fourth-order valence-corrected chi connectivity index (χ4v) is 1.61. The second kappa shape index (κ2) is 4.47. The van der Waals surface area contributed by atoms with Crippen LogP contribution in [0.1, 0.15) is 10.4 Å². The molecule has 4 heteroatoms. The number of fused-ring (bicyclic) bond motifs is 1. The Balaban J connectivity index is 2.35. The largest absolute Gasteiger partial charge is 0.464 e. The highest BCUT2D eigenvalue weighted by atomic mass is 16.3. The van der Waals surface area contributed by atoms with Gasteiger partial charge in [0.1, 0.15) is 5.58 Å². The van der Waals surface area contributed by atoms with Gasteiger partial charge in [-0.1, -0.05) is 12.1 Å². The molecule has 16 heavy (non-hydrogen) atoms. The van der Waals surface area contributed by atoms with Crippen molar-refractivity contribution in [1.82, 2.24) is 5.32 Å². The lowest BCUT2D eigenvalue weighted by molar-refractivity contribution is 0.0904. The van der Waals surface area contributed by atoms with Crippen LogP contribution < -0.4 is 5.32 Å². The van der Waals surface area contributed by atoms with Gasteiger partial charge in [0.15, 0.2) is 5.78 Å². The summed E-state index contributed by atoms with van der Waals surface area (Å²) in [5.74, 6) is -0.136. The molecule has 2 aromatic rings. The Morgan fingerprint density at radius 2 is 2.31 bits per heavy atom. The molecule has 2 N–H and O–H groups in total. The Morgan fingerprint density at radius 3 is 3.00 bits per heavy atom. The molecule has 0 fully saturated rings. The van der Waals surface area contributed by atoms with Crippen LogP contribution in [0.2, 0.25) is 0 Å². The zero-order valence-corrected chi connectivity index (χ0v) is 8.93. The molecule has 1 heterocycles. The highest BCUT2D eigenvalue weighted by molar-refractivity contribution is 6.02. The number of furan rings is 1. The van der Waals surface area contributed by atoms with E-state index in [-0.39, 0.29) is 12.4 Å². The summed E-state index contributed by atoms with van der Waals surface area (Å²) in [5, 5.41) is 12.7. The summed E-state index contributed by atoms with van der Waals surface area (Å²) in [7, 11) is 1.64. The summed E-state index contributed by atoms with van der Waals surface area (Å²) in [6.45, 7) is -0.217. The Labute approximate surface area is 92.9 Å². The molecule has 1 aromatic heterocycles. The average Bonchev–Trinajstić information content (AvgIpc) is 2.77. The molecule has 2 rings (SSSR count). The third kappa shape index (κ3) is 1.85. The first-order chi connectivity index (χ1) is 7.76. The van der Waals surface area contributed by atoms with E-state index in [0.717, 1.165) is 5.39 Å². The molecular weight excluding hydrogens is 206 g/mol. The molecule has 0 amide bonds. The molecule has 1 aromatic carbocycles. The molecule has 1 unspecified atom stereocenters. The number of carbonyl (C=O) groups is 1. The van der Waals surface area contributed by atoms with Gasteiger partial charge in [0.05, 0.1) is 18.9 Å². The maximum Gasteiger partial charge on any atom is 0.182 e. The number of rotatable bonds is 4. The van der Waals surface area contributed by atoms with Crippen LogP contribution in [0, 0.1) is 0 Å². The summed E-state index contributed by atoms with van der Waals surface area (Å²) < 4.78 is 5.22. The van der Waals surface area contributed by atoms with Crippen molar-refractivity contribution >= 4 is 16.8 Å². The topological polar surface area (TPSA) is 62.5 Å². The van der Waals surface area contributed by atoms with E-state index in [2.05, 4.69) is 5.32 Å². The Bertz CT molecular complexity index is 500. The van der Waals surface area contributed by atoms with Gasteiger partial charge in [-0.2, -0.15) is 0 Å². The third-order valence-corrected chi connectivity index (χ3v) is 2.59. The maximum atomic E-state index is 11.9. The molecule has 0 bridgehead atoms. The van der Waals surface area contributed by atoms with Crippen LogP contribution in [-0.2, 0) is 0 Å². The number of nitrogens with one attached hydrogen (secondary N) is 1. The molecule has 84 valence electrons.